The number of hydrogen-bond acceptors (Lipinski definition) is 6. The monoisotopic (exact) mass is 413 g/mol. The molecule has 31 heavy (non-hydrogen) atoms. The number of rotatable bonds is 7. The minimum absolute atomic E-state index is 0.179. The molecule has 0 spiro atoms. The third-order valence-corrected chi connectivity index (χ3v) is 4.61. The van der Waals surface area contributed by atoms with Crippen LogP contribution in [0.25, 0.3) is 22.5 Å². The second-order valence-corrected chi connectivity index (χ2v) is 6.73. The van der Waals surface area contributed by atoms with Gasteiger partial charge in [-0.3, -0.25) is 19.6 Å². The first-order chi connectivity index (χ1) is 15.1. The van der Waals surface area contributed by atoms with E-state index in [9.17, 15) is 9.59 Å². The van der Waals surface area contributed by atoms with E-state index in [1.807, 2.05) is 24.3 Å². The van der Waals surface area contributed by atoms with Crippen molar-refractivity contribution in [3.05, 3.63) is 79.1 Å². The number of nitrogens with one attached hydrogen (secondary N) is 1. The van der Waals surface area contributed by atoms with Gasteiger partial charge < -0.3 is 15.6 Å². The number of aryl methyl sites for hydroxylation is 1. The molecule has 9 nitrogen and oxygen atoms in total. The standard InChI is InChI=1S/C22H19N7O2/c23-19(30)8-12-29-14-26-28-21(29)16-3-1-4-17(13-16)27-22(31)20-18(5-2-9-25-20)15-6-10-24-11-7-15/h1-7,9-11,13-14H,8,12H2,(H2,23,30)(H,27,31). The quantitative estimate of drug-likeness (QED) is 0.479. The summed E-state index contributed by atoms with van der Waals surface area (Å²) in [5.74, 6) is -0.159. The molecule has 0 fully saturated rings. The summed E-state index contributed by atoms with van der Waals surface area (Å²) in [7, 11) is 0. The van der Waals surface area contributed by atoms with Gasteiger partial charge in [0.15, 0.2) is 5.82 Å². The highest BCUT2D eigenvalue weighted by Gasteiger charge is 2.15. The number of aromatic nitrogens is 5. The molecular weight excluding hydrogens is 394 g/mol. The van der Waals surface area contributed by atoms with E-state index in [0.717, 1.165) is 11.1 Å². The maximum absolute atomic E-state index is 13.0. The Morgan fingerprint density at radius 3 is 2.65 bits per heavy atom. The minimum Gasteiger partial charge on any atom is -0.370 e. The van der Waals surface area contributed by atoms with Gasteiger partial charge in [0.25, 0.3) is 5.91 Å². The van der Waals surface area contributed by atoms with Gasteiger partial charge in [0.05, 0.1) is 0 Å². The first-order valence-electron chi connectivity index (χ1n) is 9.55. The first kappa shape index (κ1) is 19.9. The van der Waals surface area contributed by atoms with Crippen LogP contribution in [0, 0.1) is 0 Å². The molecule has 0 aliphatic rings. The number of anilines is 1. The summed E-state index contributed by atoms with van der Waals surface area (Å²) in [6.07, 6.45) is 6.64. The highest BCUT2D eigenvalue weighted by molar-refractivity contribution is 6.07. The smallest absolute Gasteiger partial charge is 0.274 e. The molecule has 9 heteroatoms. The summed E-state index contributed by atoms with van der Waals surface area (Å²) in [6, 6.07) is 14.5. The molecule has 0 saturated carbocycles. The molecule has 0 radical (unpaired) electrons. The average molecular weight is 413 g/mol. The number of carbonyl (C=O) groups excluding carboxylic acids is 2. The molecule has 0 aliphatic heterocycles. The lowest BCUT2D eigenvalue weighted by Gasteiger charge is -2.11. The second kappa shape index (κ2) is 8.95. The van der Waals surface area contributed by atoms with Crippen LogP contribution < -0.4 is 11.1 Å². The predicted octanol–water partition coefficient (Wildman–Crippen LogP) is 2.53. The summed E-state index contributed by atoms with van der Waals surface area (Å²) >= 11 is 0. The SMILES string of the molecule is NC(=O)CCn1cnnc1-c1cccc(NC(=O)c2ncccc2-c2ccncc2)c1. The second-order valence-electron chi connectivity index (χ2n) is 6.73. The fraction of sp³-hybridized carbons (Fsp3) is 0.0909. The summed E-state index contributed by atoms with van der Waals surface area (Å²) < 4.78 is 1.74. The molecule has 0 unspecified atom stereocenters. The number of pyridine rings is 2. The van der Waals surface area contributed by atoms with Crippen LogP contribution >= 0.6 is 0 Å². The number of primary amides is 1. The summed E-state index contributed by atoms with van der Waals surface area (Å²) in [4.78, 5) is 32.4. The third kappa shape index (κ3) is 4.61. The third-order valence-electron chi connectivity index (χ3n) is 4.61. The molecule has 0 bridgehead atoms. The zero-order valence-corrected chi connectivity index (χ0v) is 16.5. The number of carbonyl (C=O) groups is 2. The highest BCUT2D eigenvalue weighted by Crippen LogP contribution is 2.24. The van der Waals surface area contributed by atoms with Gasteiger partial charge in [0, 0.05) is 48.4 Å². The van der Waals surface area contributed by atoms with E-state index >= 15 is 0 Å². The summed E-state index contributed by atoms with van der Waals surface area (Å²) in [5, 5.41) is 10.9. The van der Waals surface area contributed by atoms with Crippen molar-refractivity contribution >= 4 is 17.5 Å². The van der Waals surface area contributed by atoms with E-state index in [4.69, 9.17) is 5.73 Å². The number of amides is 2. The van der Waals surface area contributed by atoms with Gasteiger partial charge in [-0.05, 0) is 35.9 Å². The molecule has 3 heterocycles. The van der Waals surface area contributed by atoms with Crippen LogP contribution in [0.5, 0.6) is 0 Å². The Kier molecular flexibility index (Phi) is 5.75. The predicted molar refractivity (Wildman–Crippen MR) is 115 cm³/mol. The lowest BCUT2D eigenvalue weighted by molar-refractivity contribution is -0.118. The van der Waals surface area contributed by atoms with Crippen LogP contribution in [0.4, 0.5) is 5.69 Å². The van der Waals surface area contributed by atoms with Crippen LogP contribution in [-0.2, 0) is 11.3 Å². The van der Waals surface area contributed by atoms with Crippen LogP contribution in [0.1, 0.15) is 16.9 Å². The Bertz CT molecular complexity index is 1220. The Morgan fingerprint density at radius 2 is 1.84 bits per heavy atom. The summed E-state index contributed by atoms with van der Waals surface area (Å²) in [6.45, 7) is 0.373. The van der Waals surface area contributed by atoms with Crippen molar-refractivity contribution in [3.8, 4) is 22.5 Å². The molecule has 154 valence electrons. The number of nitrogens with zero attached hydrogens (tertiary/aromatic N) is 5. The average Bonchev–Trinajstić information content (AvgIpc) is 3.27. The number of benzene rings is 1. The Hall–Kier alpha value is -4.40. The van der Waals surface area contributed by atoms with E-state index in [1.165, 1.54) is 0 Å². The highest BCUT2D eigenvalue weighted by atomic mass is 16.2. The molecule has 4 aromatic rings. The molecule has 2 amide bonds. The molecule has 4 rings (SSSR count). The van der Waals surface area contributed by atoms with Gasteiger partial charge in [-0.2, -0.15) is 0 Å². The maximum Gasteiger partial charge on any atom is 0.274 e. The molecule has 0 atom stereocenters. The molecule has 0 aliphatic carbocycles. The van der Waals surface area contributed by atoms with Crippen molar-refractivity contribution in [3.63, 3.8) is 0 Å². The normalized spacial score (nSPS) is 10.6. The number of nitrogens with two attached hydrogens (primary N) is 1. The Balaban J connectivity index is 1.58. The molecule has 1 aromatic carbocycles. The fourth-order valence-corrected chi connectivity index (χ4v) is 3.15. The molecule has 0 saturated heterocycles. The number of hydrogen-bond donors (Lipinski definition) is 2. The topological polar surface area (TPSA) is 129 Å². The maximum atomic E-state index is 13.0. The van der Waals surface area contributed by atoms with Crippen molar-refractivity contribution < 1.29 is 9.59 Å². The lowest BCUT2D eigenvalue weighted by atomic mass is 10.0. The van der Waals surface area contributed by atoms with E-state index in [2.05, 4.69) is 25.5 Å². The fourth-order valence-electron chi connectivity index (χ4n) is 3.15. The van der Waals surface area contributed by atoms with Gasteiger partial charge in [0.2, 0.25) is 5.91 Å². The molecular formula is C22H19N7O2. The van der Waals surface area contributed by atoms with Gasteiger partial charge in [0.1, 0.15) is 12.0 Å². The van der Waals surface area contributed by atoms with Crippen LogP contribution in [0.15, 0.2) is 73.4 Å². The van der Waals surface area contributed by atoms with Gasteiger partial charge >= 0.3 is 0 Å². The molecule has 3 N–H and O–H groups in total. The van der Waals surface area contributed by atoms with Crippen LogP contribution in [0.3, 0.4) is 0 Å². The Labute approximate surface area is 178 Å². The van der Waals surface area contributed by atoms with Crippen LogP contribution in [-0.4, -0.2) is 36.5 Å². The molecule has 3 aromatic heterocycles. The minimum atomic E-state index is -0.402. The van der Waals surface area contributed by atoms with Crippen LogP contribution in [0.2, 0.25) is 0 Å². The summed E-state index contributed by atoms with van der Waals surface area (Å²) in [5.41, 5.74) is 8.44. The zero-order chi connectivity index (χ0) is 21.6. The Morgan fingerprint density at radius 1 is 1.00 bits per heavy atom. The van der Waals surface area contributed by atoms with E-state index in [0.29, 0.717) is 29.3 Å². The lowest BCUT2D eigenvalue weighted by Crippen LogP contribution is -2.15. The van der Waals surface area contributed by atoms with Gasteiger partial charge in [-0.25, -0.2) is 0 Å². The largest absolute Gasteiger partial charge is 0.370 e. The van der Waals surface area contributed by atoms with E-state index in [-0.39, 0.29) is 12.3 Å². The van der Waals surface area contributed by atoms with E-state index < -0.39 is 5.91 Å². The van der Waals surface area contributed by atoms with Crippen molar-refractivity contribution in [1.29, 1.82) is 0 Å². The van der Waals surface area contributed by atoms with Gasteiger partial charge in [-0.1, -0.05) is 18.2 Å². The first-order valence-corrected chi connectivity index (χ1v) is 9.55. The van der Waals surface area contributed by atoms with Crippen molar-refractivity contribution in [2.75, 3.05) is 5.32 Å². The van der Waals surface area contributed by atoms with Crippen molar-refractivity contribution in [2.45, 2.75) is 13.0 Å². The van der Waals surface area contributed by atoms with Crippen molar-refractivity contribution in [1.82, 2.24) is 24.7 Å². The zero-order valence-electron chi connectivity index (χ0n) is 16.5. The van der Waals surface area contributed by atoms with Gasteiger partial charge in [-0.15, -0.1) is 10.2 Å². The van der Waals surface area contributed by atoms with Crippen molar-refractivity contribution in [2.24, 2.45) is 5.73 Å². The van der Waals surface area contributed by atoms with E-state index in [1.54, 1.807) is 53.8 Å².